The van der Waals surface area contributed by atoms with E-state index in [9.17, 15) is 30.8 Å². The lowest BCUT2D eigenvalue weighted by Gasteiger charge is -2.34. The van der Waals surface area contributed by atoms with Crippen LogP contribution in [-0.4, -0.2) is 74.4 Å². The van der Waals surface area contributed by atoms with Gasteiger partial charge in [0.15, 0.2) is 0 Å². The third-order valence-electron chi connectivity index (χ3n) is 4.68. The Balaban J connectivity index is 1.89. The zero-order valence-corrected chi connectivity index (χ0v) is 16.4. The number of benzene rings is 1. The number of rotatable bonds is 6. The van der Waals surface area contributed by atoms with Gasteiger partial charge in [-0.1, -0.05) is 0 Å². The topological polar surface area (TPSA) is 87.2 Å². The summed E-state index contributed by atoms with van der Waals surface area (Å²) >= 11 is 0. The van der Waals surface area contributed by atoms with E-state index in [0.717, 1.165) is 33.5 Å². The number of hydrogen-bond acceptors (Lipinski definition) is 5. The minimum atomic E-state index is -4.86. The molecule has 2 rings (SSSR count). The van der Waals surface area contributed by atoms with Crippen LogP contribution in [0.1, 0.15) is 12.8 Å². The molecule has 1 saturated heterocycles. The standard InChI is InChI=1S/C17H22F4N2O5S/c1-22(29(26,27)14-4-2-13(18)3-5-14)10-12-6-8-23(9-7-12)16(25)28-15(11-24)17(19,20)21/h2-5,12,15,24H,6-11H2,1H3/t15-/m1/s1. The van der Waals surface area contributed by atoms with E-state index >= 15 is 0 Å². The van der Waals surface area contributed by atoms with E-state index in [4.69, 9.17) is 5.11 Å². The molecule has 12 heteroatoms. The van der Waals surface area contributed by atoms with Crippen LogP contribution in [0.25, 0.3) is 0 Å². The number of piperidine rings is 1. The molecule has 1 fully saturated rings. The molecule has 0 radical (unpaired) electrons. The van der Waals surface area contributed by atoms with Gasteiger partial charge in [0.1, 0.15) is 5.82 Å². The predicted molar refractivity (Wildman–Crippen MR) is 93.9 cm³/mol. The van der Waals surface area contributed by atoms with Gasteiger partial charge in [-0.2, -0.15) is 13.2 Å². The maximum atomic E-state index is 13.0. The first kappa shape index (κ1) is 23.4. The van der Waals surface area contributed by atoms with Gasteiger partial charge in [-0.15, -0.1) is 0 Å². The van der Waals surface area contributed by atoms with Crippen molar-refractivity contribution in [2.75, 3.05) is 33.3 Å². The number of likely N-dealkylation sites (tertiary alicyclic amines) is 1. The summed E-state index contributed by atoms with van der Waals surface area (Å²) in [6.45, 7) is -1.02. The molecule has 0 saturated carbocycles. The van der Waals surface area contributed by atoms with E-state index < -0.39 is 40.8 Å². The van der Waals surface area contributed by atoms with Crippen molar-refractivity contribution >= 4 is 16.1 Å². The summed E-state index contributed by atoms with van der Waals surface area (Å²) in [5.41, 5.74) is 0. The van der Waals surface area contributed by atoms with Gasteiger partial charge in [0.05, 0.1) is 11.5 Å². The molecule has 1 N–H and O–H groups in total. The number of amides is 1. The van der Waals surface area contributed by atoms with Crippen molar-refractivity contribution in [1.29, 1.82) is 0 Å². The minimum Gasteiger partial charge on any atom is -0.434 e. The molecule has 1 aliphatic rings. The quantitative estimate of drug-likeness (QED) is 0.683. The number of sulfonamides is 1. The molecule has 0 bridgehead atoms. The molecule has 7 nitrogen and oxygen atoms in total. The Kier molecular flexibility index (Phi) is 7.46. The van der Waals surface area contributed by atoms with Crippen LogP contribution in [0.3, 0.4) is 0 Å². The van der Waals surface area contributed by atoms with Gasteiger partial charge in [-0.25, -0.2) is 21.9 Å². The van der Waals surface area contributed by atoms with Crippen LogP contribution in [0.5, 0.6) is 0 Å². The zero-order chi connectivity index (χ0) is 21.8. The molecule has 1 aliphatic heterocycles. The summed E-state index contributed by atoms with van der Waals surface area (Å²) in [5.74, 6) is -0.671. The first-order valence-electron chi connectivity index (χ1n) is 8.80. The molecule has 0 spiro atoms. The Morgan fingerprint density at radius 3 is 2.31 bits per heavy atom. The average molecular weight is 442 g/mol. The fraction of sp³-hybridized carbons (Fsp3) is 0.588. The lowest BCUT2D eigenvalue weighted by atomic mass is 9.97. The van der Waals surface area contributed by atoms with E-state index in [1.54, 1.807) is 0 Å². The van der Waals surface area contributed by atoms with Crippen molar-refractivity contribution in [3.05, 3.63) is 30.1 Å². The number of hydrogen-bond donors (Lipinski definition) is 1. The predicted octanol–water partition coefficient (Wildman–Crippen LogP) is 2.22. The number of aliphatic hydroxyl groups excluding tert-OH is 1. The molecule has 1 heterocycles. The Labute approximate surface area is 165 Å². The van der Waals surface area contributed by atoms with Crippen molar-refractivity contribution in [2.45, 2.75) is 30.0 Å². The first-order valence-corrected chi connectivity index (χ1v) is 10.2. The molecule has 1 aromatic carbocycles. The van der Waals surface area contributed by atoms with E-state index in [2.05, 4.69) is 4.74 Å². The number of alkyl halides is 3. The molecule has 0 aliphatic carbocycles. The lowest BCUT2D eigenvalue weighted by Crippen LogP contribution is -2.45. The first-order chi connectivity index (χ1) is 13.4. The van der Waals surface area contributed by atoms with Crippen LogP contribution in [0.2, 0.25) is 0 Å². The van der Waals surface area contributed by atoms with Gasteiger partial charge in [0, 0.05) is 26.7 Å². The number of halogens is 4. The molecule has 0 aromatic heterocycles. The van der Waals surface area contributed by atoms with Crippen molar-refractivity contribution in [3.8, 4) is 0 Å². The molecule has 1 aromatic rings. The highest BCUT2D eigenvalue weighted by Crippen LogP contribution is 2.25. The summed E-state index contributed by atoms with van der Waals surface area (Å²) in [5, 5.41) is 8.74. The second kappa shape index (κ2) is 9.26. The third kappa shape index (κ3) is 6.03. The largest absolute Gasteiger partial charge is 0.434 e. The Morgan fingerprint density at radius 1 is 1.28 bits per heavy atom. The SMILES string of the molecule is CN(CC1CCN(C(=O)O[C@H](CO)C(F)(F)F)CC1)S(=O)(=O)c1ccc(F)cc1. The van der Waals surface area contributed by atoms with Crippen LogP contribution in [0, 0.1) is 11.7 Å². The molecular weight excluding hydrogens is 420 g/mol. The number of aliphatic hydroxyl groups is 1. The van der Waals surface area contributed by atoms with E-state index in [1.807, 2.05) is 0 Å². The van der Waals surface area contributed by atoms with E-state index in [0.29, 0.717) is 12.8 Å². The van der Waals surface area contributed by atoms with Gasteiger partial charge < -0.3 is 14.7 Å². The summed E-state index contributed by atoms with van der Waals surface area (Å²) < 4.78 is 81.3. The number of carbonyl (C=O) groups excluding carboxylic acids is 1. The second-order valence-electron chi connectivity index (χ2n) is 6.77. The van der Waals surface area contributed by atoms with Crippen LogP contribution in [-0.2, 0) is 14.8 Å². The van der Waals surface area contributed by atoms with Crippen molar-refractivity contribution in [2.24, 2.45) is 5.92 Å². The smallest absolute Gasteiger partial charge is 0.427 e. The zero-order valence-electron chi connectivity index (χ0n) is 15.6. The highest BCUT2D eigenvalue weighted by Gasteiger charge is 2.43. The molecule has 0 unspecified atom stereocenters. The van der Waals surface area contributed by atoms with Gasteiger partial charge in [-0.3, -0.25) is 0 Å². The number of ether oxygens (including phenoxy) is 1. The molecule has 1 atom stereocenters. The summed E-state index contributed by atoms with van der Waals surface area (Å²) in [6, 6.07) is 4.42. The van der Waals surface area contributed by atoms with Crippen LogP contribution in [0.4, 0.5) is 22.4 Å². The Morgan fingerprint density at radius 2 is 1.83 bits per heavy atom. The van der Waals surface area contributed by atoms with Crippen LogP contribution < -0.4 is 0 Å². The fourth-order valence-corrected chi connectivity index (χ4v) is 4.20. The highest BCUT2D eigenvalue weighted by molar-refractivity contribution is 7.89. The van der Waals surface area contributed by atoms with E-state index in [1.165, 1.54) is 7.05 Å². The lowest BCUT2D eigenvalue weighted by molar-refractivity contribution is -0.214. The van der Waals surface area contributed by atoms with Gasteiger partial charge in [0.2, 0.25) is 16.1 Å². The fourth-order valence-electron chi connectivity index (χ4n) is 2.95. The molecule has 1 amide bonds. The maximum absolute atomic E-state index is 13.0. The normalized spacial score (nSPS) is 17.4. The van der Waals surface area contributed by atoms with Crippen LogP contribution >= 0.6 is 0 Å². The maximum Gasteiger partial charge on any atom is 0.427 e. The van der Waals surface area contributed by atoms with E-state index in [-0.39, 0.29) is 30.4 Å². The van der Waals surface area contributed by atoms with Gasteiger partial charge in [-0.05, 0) is 43.0 Å². The van der Waals surface area contributed by atoms with Crippen molar-refractivity contribution < 1.29 is 40.6 Å². The Hall–Kier alpha value is -1.92. The summed E-state index contributed by atoms with van der Waals surface area (Å²) in [6.07, 6.45) is -7.88. The van der Waals surface area contributed by atoms with Gasteiger partial charge in [0.25, 0.3) is 0 Å². The molecule has 29 heavy (non-hydrogen) atoms. The van der Waals surface area contributed by atoms with Crippen LogP contribution in [0.15, 0.2) is 29.2 Å². The number of nitrogens with zero attached hydrogens (tertiary/aromatic N) is 2. The number of carbonyl (C=O) groups is 1. The second-order valence-corrected chi connectivity index (χ2v) is 8.81. The average Bonchev–Trinajstić information content (AvgIpc) is 2.65. The summed E-state index contributed by atoms with van der Waals surface area (Å²) in [7, 11) is -2.43. The third-order valence-corrected chi connectivity index (χ3v) is 6.52. The van der Waals surface area contributed by atoms with Crippen molar-refractivity contribution in [3.63, 3.8) is 0 Å². The van der Waals surface area contributed by atoms with Crippen molar-refractivity contribution in [1.82, 2.24) is 9.21 Å². The minimum absolute atomic E-state index is 0.0513. The Bertz CT molecular complexity index is 793. The summed E-state index contributed by atoms with van der Waals surface area (Å²) in [4.78, 5) is 12.9. The monoisotopic (exact) mass is 442 g/mol. The highest BCUT2D eigenvalue weighted by atomic mass is 32.2. The molecular formula is C17H22F4N2O5S. The van der Waals surface area contributed by atoms with Gasteiger partial charge >= 0.3 is 12.3 Å². The molecule has 164 valence electrons.